The van der Waals surface area contributed by atoms with Gasteiger partial charge in [-0.2, -0.15) is 0 Å². The number of hydrogen-bond acceptors (Lipinski definition) is 20. The van der Waals surface area contributed by atoms with Crippen LogP contribution in [-0.4, -0.2) is 186 Å². The Labute approximate surface area is 586 Å². The number of benzene rings is 3. The lowest BCUT2D eigenvalue weighted by atomic mass is 9.84. The molecule has 5 aromatic rings. The summed E-state index contributed by atoms with van der Waals surface area (Å²) < 4.78 is 38.7. The fourth-order valence-corrected chi connectivity index (χ4v) is 14.6. The maximum atomic E-state index is 15.0. The molecule has 30 heteroatoms. The Kier molecular flexibility index (Phi) is 25.1. The number of methoxy groups -OCH3 is 1. The van der Waals surface area contributed by atoms with Crippen LogP contribution in [0, 0.1) is 18.7 Å². The number of aliphatic hydroxyl groups is 1. The van der Waals surface area contributed by atoms with Crippen LogP contribution in [0.1, 0.15) is 83.8 Å². The van der Waals surface area contributed by atoms with Crippen molar-refractivity contribution in [3.8, 4) is 28.3 Å². The third-order valence-corrected chi connectivity index (χ3v) is 21.0. The number of imidazole rings is 1. The number of anilines is 3. The zero-order chi connectivity index (χ0) is 70.8. The number of rotatable bonds is 23. The van der Waals surface area contributed by atoms with Crippen molar-refractivity contribution < 1.29 is 62.0 Å². The van der Waals surface area contributed by atoms with Crippen molar-refractivity contribution in [1.29, 1.82) is 0 Å². The molecule has 98 heavy (non-hydrogen) atoms. The number of hydrogen-bond donors (Lipinski definition) is 9. The number of amides is 6. The van der Waals surface area contributed by atoms with E-state index in [-0.39, 0.29) is 74.7 Å². The topological polar surface area (TPSA) is 343 Å². The standard InChI is InChI=1S/C68H86Cl2FN13O12S2/c1-37-11-9-10-17-68(92)34-52(94-66(91)81-68)39(3)61-67(5,96-61)53(33-57(88)83(7)50-28-41(25-37)29-51(93-8)59(50)70)95-65(90)40(4)82(6)56(87)16-23-97-98-24-20-74-55(86)36-77-54(85)32-47(73)64(89)76-19-18-75-62-58(63-79-48-13-12-43(69)31-49(48)80-63)60(84-21-14-45(72)15-22-84)46(35-78-62)42-26-38(2)27-44(71)30-42/h9-13,26-31,35,39-40,45,47,52-53,61,92H,14-25,32-34,36,72-73H2,1-8H3,(H,74,86)(H,75,78)(H,76,89)(H,77,85)(H,79,80)(H,81,91)/b10-9+,37-11+/t39?,40?,47-,52?,53+,61?,67?,68-/m1/s1. The minimum absolute atomic E-state index is 0.0206. The average molecular weight is 1430 g/mol. The second-order valence-electron chi connectivity index (χ2n) is 25.5. The molecule has 4 aliphatic rings. The Morgan fingerprint density at radius 2 is 1.76 bits per heavy atom. The van der Waals surface area contributed by atoms with Gasteiger partial charge < -0.3 is 76.5 Å². The number of nitrogens with one attached hydrogen (secondary N) is 6. The molecule has 0 saturated carbocycles. The summed E-state index contributed by atoms with van der Waals surface area (Å²) in [5.74, 6) is -2.11. The van der Waals surface area contributed by atoms with Gasteiger partial charge in [-0.15, -0.1) is 0 Å². The number of piperidine rings is 1. The molecule has 5 unspecified atom stereocenters. The van der Waals surface area contributed by atoms with E-state index in [2.05, 4.69) is 36.5 Å². The number of alkyl carbamates (subject to hydrolysis) is 1. The number of nitrogens with zero attached hydrogens (tertiary/aromatic N) is 5. The van der Waals surface area contributed by atoms with E-state index >= 15 is 0 Å². The summed E-state index contributed by atoms with van der Waals surface area (Å²) in [6.07, 6.45) is 4.94. The Morgan fingerprint density at radius 3 is 2.50 bits per heavy atom. The summed E-state index contributed by atoms with van der Waals surface area (Å²) in [7, 11) is 7.30. The second kappa shape index (κ2) is 33.0. The van der Waals surface area contributed by atoms with Gasteiger partial charge in [0.25, 0.3) is 0 Å². The lowest BCUT2D eigenvalue weighted by molar-refractivity contribution is -0.162. The molecule has 528 valence electrons. The van der Waals surface area contributed by atoms with E-state index in [9.17, 15) is 43.1 Å². The highest BCUT2D eigenvalue weighted by atomic mass is 35.5. The molecule has 3 fully saturated rings. The predicted octanol–water partition coefficient (Wildman–Crippen LogP) is 7.47. The first-order valence-electron chi connectivity index (χ1n) is 32.5. The highest BCUT2D eigenvalue weighted by molar-refractivity contribution is 8.76. The number of carbonyl (C=O) groups excluding carboxylic acids is 7. The first-order valence-corrected chi connectivity index (χ1v) is 35.7. The summed E-state index contributed by atoms with van der Waals surface area (Å²) in [4.78, 5) is 112. The number of fused-ring (bicyclic) bond motifs is 6. The van der Waals surface area contributed by atoms with Gasteiger partial charge in [0.05, 0.1) is 66.6 Å². The van der Waals surface area contributed by atoms with Crippen LogP contribution in [0.2, 0.25) is 10.0 Å². The fraction of sp³-hybridized carbons (Fsp3) is 0.485. The number of aromatic amines is 1. The molecule has 4 aliphatic heterocycles. The van der Waals surface area contributed by atoms with E-state index < -0.39 is 89.8 Å². The molecule has 4 bridgehead atoms. The van der Waals surface area contributed by atoms with Gasteiger partial charge >= 0.3 is 12.1 Å². The highest BCUT2D eigenvalue weighted by Crippen LogP contribution is 2.50. The van der Waals surface area contributed by atoms with Gasteiger partial charge in [-0.05, 0) is 106 Å². The number of nitrogens with two attached hydrogens (primary N) is 2. The van der Waals surface area contributed by atoms with Crippen LogP contribution in [0.15, 0.2) is 78.5 Å². The van der Waals surface area contributed by atoms with Crippen LogP contribution in [0.5, 0.6) is 5.75 Å². The molecule has 11 N–H and O–H groups in total. The van der Waals surface area contributed by atoms with E-state index in [0.29, 0.717) is 86.8 Å². The molecule has 3 aromatic carbocycles. The normalized spacial score (nSPS) is 22.8. The van der Waals surface area contributed by atoms with Gasteiger partial charge in [-0.25, -0.2) is 23.9 Å². The van der Waals surface area contributed by atoms with E-state index in [1.54, 1.807) is 63.5 Å². The molecular weight excluding hydrogens is 1340 g/mol. The highest BCUT2D eigenvalue weighted by Gasteiger charge is 2.64. The van der Waals surface area contributed by atoms with Gasteiger partial charge in [-0.3, -0.25) is 29.3 Å². The van der Waals surface area contributed by atoms with Crippen LogP contribution < -0.4 is 52.6 Å². The number of pyridine rings is 1. The molecule has 9 rings (SSSR count). The second-order valence-corrected chi connectivity index (χ2v) is 29.0. The third-order valence-electron chi connectivity index (χ3n) is 18.0. The first kappa shape index (κ1) is 74.5. The quantitative estimate of drug-likeness (QED) is 0.0132. The predicted molar refractivity (Wildman–Crippen MR) is 378 cm³/mol. The largest absolute Gasteiger partial charge is 0.495 e. The third kappa shape index (κ3) is 18.8. The fourth-order valence-electron chi connectivity index (χ4n) is 12.2. The minimum atomic E-state index is -1.64. The van der Waals surface area contributed by atoms with Crippen molar-refractivity contribution in [1.82, 2.24) is 41.1 Å². The molecule has 0 radical (unpaired) electrons. The smallest absolute Gasteiger partial charge is 0.409 e. The van der Waals surface area contributed by atoms with Crippen LogP contribution >= 0.6 is 44.8 Å². The van der Waals surface area contributed by atoms with Crippen LogP contribution in [0.25, 0.3) is 33.5 Å². The van der Waals surface area contributed by atoms with Crippen LogP contribution in [0.3, 0.4) is 0 Å². The van der Waals surface area contributed by atoms with Crippen LogP contribution in [-0.2, 0) is 49.4 Å². The van der Waals surface area contributed by atoms with Crippen molar-refractivity contribution in [3.05, 3.63) is 106 Å². The van der Waals surface area contributed by atoms with Crippen molar-refractivity contribution in [2.75, 3.05) is 87.1 Å². The number of aryl methyl sites for hydroxylation is 1. The first-order chi connectivity index (χ1) is 46.6. The van der Waals surface area contributed by atoms with E-state index in [4.69, 9.17) is 63.6 Å². The molecular formula is C68H86Cl2FN13O12S2. The summed E-state index contributed by atoms with van der Waals surface area (Å²) >= 11 is 13.2. The van der Waals surface area contributed by atoms with Crippen LogP contribution in [0.4, 0.5) is 26.4 Å². The summed E-state index contributed by atoms with van der Waals surface area (Å²) in [6, 6.07) is 11.5. The maximum absolute atomic E-state index is 15.0. The summed E-state index contributed by atoms with van der Waals surface area (Å²) in [5, 5.41) is 26.2. The van der Waals surface area contributed by atoms with Gasteiger partial charge in [0.1, 0.15) is 57.8 Å². The SMILES string of the molecule is COc1cc2cc(c1Cl)N(C)C(=O)C[C@H](OC(=O)C(C)N(C)C(=O)CCSSCCNC(=O)CNC(=O)C[C@@H](N)C(=O)NCCNc1ncc(-c3cc(C)cc(F)c3)c(N3CCC(N)CC3)c1-c1nc3ccc(Cl)cc3[nH]1)C1(C)OC1C(C)C1C[C@](O)(C/C=C/C=C(\C)C2)NC(=O)O1. The number of epoxide rings is 1. The molecule has 0 spiro atoms. The maximum Gasteiger partial charge on any atom is 0.409 e. The Morgan fingerprint density at radius 1 is 1.00 bits per heavy atom. The van der Waals surface area contributed by atoms with E-state index in [0.717, 1.165) is 35.2 Å². The van der Waals surface area contributed by atoms with Crippen molar-refractivity contribution >= 4 is 115 Å². The Bertz CT molecular complexity index is 3840. The molecule has 0 aliphatic carbocycles. The Balaban J connectivity index is 0.712. The minimum Gasteiger partial charge on any atom is -0.495 e. The zero-order valence-corrected chi connectivity index (χ0v) is 59.2. The summed E-state index contributed by atoms with van der Waals surface area (Å²) in [5.41, 5.74) is 16.6. The number of carbonyl (C=O) groups is 7. The number of allylic oxidation sites excluding steroid dienone is 3. The summed E-state index contributed by atoms with van der Waals surface area (Å²) in [6.45, 7) is 10.2. The molecule has 6 heterocycles. The van der Waals surface area contributed by atoms with Gasteiger partial charge in [0, 0.05) is 106 Å². The lowest BCUT2D eigenvalue weighted by Gasteiger charge is -2.39. The lowest BCUT2D eigenvalue weighted by Crippen LogP contribution is -2.57. The van der Waals surface area contributed by atoms with Gasteiger partial charge in [0.2, 0.25) is 29.5 Å². The van der Waals surface area contributed by atoms with Crippen molar-refractivity contribution in [2.24, 2.45) is 17.4 Å². The molecule has 3 saturated heterocycles. The number of likely N-dealkylation sites (N-methyl/N-ethyl adjacent to an activating group) is 1. The van der Waals surface area contributed by atoms with Crippen molar-refractivity contribution in [3.63, 3.8) is 0 Å². The molecule has 6 amide bonds. The number of ether oxygens (including phenoxy) is 4. The Hall–Kier alpha value is -7.70. The molecule has 25 nitrogen and oxygen atoms in total. The van der Waals surface area contributed by atoms with Gasteiger partial charge in [0.15, 0.2) is 0 Å². The molecule has 8 atom stereocenters. The van der Waals surface area contributed by atoms with E-state index in [1.807, 2.05) is 32.1 Å². The molecule has 2 aromatic heterocycles. The number of halogens is 3. The number of esters is 1. The number of H-pyrrole nitrogens is 1. The van der Waals surface area contributed by atoms with Gasteiger partial charge in [-0.1, -0.05) is 81.6 Å². The zero-order valence-electron chi connectivity index (χ0n) is 56.1. The van der Waals surface area contributed by atoms with Crippen molar-refractivity contribution in [2.45, 2.75) is 134 Å². The monoisotopic (exact) mass is 1430 g/mol. The number of aromatic nitrogens is 3. The average Bonchev–Trinajstić information content (AvgIpc) is 1.55. The van der Waals surface area contributed by atoms with E-state index in [1.165, 1.54) is 64.6 Å².